The molecule has 1 amide bonds. The van der Waals surface area contributed by atoms with E-state index in [0.29, 0.717) is 33.8 Å². The van der Waals surface area contributed by atoms with Crippen LogP contribution in [0.15, 0.2) is 33.9 Å². The summed E-state index contributed by atoms with van der Waals surface area (Å²) in [5.74, 6) is 2.29. The number of benzene rings is 1. The smallest absolute Gasteiger partial charge is 0.277 e. The third kappa shape index (κ3) is 3.44. The number of hydrogen-bond acceptors (Lipinski definition) is 5. The highest BCUT2D eigenvalue weighted by Gasteiger charge is 2.40. The van der Waals surface area contributed by atoms with Crippen LogP contribution in [0.4, 0.5) is 0 Å². The van der Waals surface area contributed by atoms with E-state index in [1.54, 1.807) is 12.1 Å². The minimum atomic E-state index is 0.0452. The van der Waals surface area contributed by atoms with Gasteiger partial charge < -0.3 is 9.73 Å². The molecule has 2 saturated carbocycles. The van der Waals surface area contributed by atoms with Gasteiger partial charge in [0.05, 0.1) is 5.75 Å². The number of amides is 1. The van der Waals surface area contributed by atoms with Gasteiger partial charge in [-0.2, -0.15) is 0 Å². The molecule has 0 radical (unpaired) electrons. The molecule has 1 heterocycles. The van der Waals surface area contributed by atoms with Crippen molar-refractivity contribution in [1.82, 2.24) is 15.5 Å². The Labute approximate surface area is 149 Å². The van der Waals surface area contributed by atoms with E-state index < -0.39 is 0 Å². The van der Waals surface area contributed by atoms with Crippen molar-refractivity contribution < 1.29 is 9.21 Å². The highest BCUT2D eigenvalue weighted by atomic mass is 35.5. The van der Waals surface area contributed by atoms with Crippen molar-refractivity contribution in [2.24, 2.45) is 11.8 Å². The Kier molecular flexibility index (Phi) is 4.50. The van der Waals surface area contributed by atoms with Crippen molar-refractivity contribution in [3.8, 4) is 11.5 Å². The van der Waals surface area contributed by atoms with Crippen LogP contribution in [0.5, 0.6) is 0 Å². The van der Waals surface area contributed by atoms with E-state index in [-0.39, 0.29) is 5.91 Å². The zero-order valence-corrected chi connectivity index (χ0v) is 14.6. The van der Waals surface area contributed by atoms with Crippen LogP contribution in [0.25, 0.3) is 11.5 Å². The second-order valence-electron chi connectivity index (χ2n) is 6.52. The van der Waals surface area contributed by atoms with Gasteiger partial charge >= 0.3 is 0 Å². The molecular formula is C17H18ClN3O2S. The molecular weight excluding hydrogens is 346 g/mol. The van der Waals surface area contributed by atoms with Gasteiger partial charge in [0.2, 0.25) is 11.8 Å². The molecule has 2 bridgehead atoms. The van der Waals surface area contributed by atoms with Gasteiger partial charge in [-0.15, -0.1) is 10.2 Å². The highest BCUT2D eigenvalue weighted by molar-refractivity contribution is 7.99. The van der Waals surface area contributed by atoms with Gasteiger partial charge in [-0.3, -0.25) is 4.79 Å². The average molecular weight is 364 g/mol. The van der Waals surface area contributed by atoms with Crippen molar-refractivity contribution in [1.29, 1.82) is 0 Å². The first kappa shape index (κ1) is 16.0. The van der Waals surface area contributed by atoms with E-state index in [1.165, 1.54) is 31.0 Å². The molecule has 0 unspecified atom stereocenters. The van der Waals surface area contributed by atoms with Gasteiger partial charge in [0.25, 0.3) is 5.22 Å². The fourth-order valence-corrected chi connectivity index (χ4v) is 4.47. The number of carbonyl (C=O) groups excluding carboxylic acids is 1. The molecule has 2 aliphatic rings. The number of hydrogen-bond donors (Lipinski definition) is 1. The maximum absolute atomic E-state index is 12.1. The van der Waals surface area contributed by atoms with Gasteiger partial charge in [0.15, 0.2) is 0 Å². The molecule has 1 N–H and O–H groups in total. The first-order chi connectivity index (χ1) is 11.7. The van der Waals surface area contributed by atoms with Crippen LogP contribution >= 0.6 is 23.4 Å². The van der Waals surface area contributed by atoms with Crippen LogP contribution in [0.1, 0.15) is 25.7 Å². The number of nitrogens with one attached hydrogen (secondary N) is 1. The van der Waals surface area contributed by atoms with Crippen LogP contribution in [0.3, 0.4) is 0 Å². The monoisotopic (exact) mass is 363 g/mol. The average Bonchev–Trinajstić information content (AvgIpc) is 3.30. The number of halogens is 1. The second-order valence-corrected chi connectivity index (χ2v) is 7.88. The number of aromatic nitrogens is 2. The molecule has 5 nitrogen and oxygen atoms in total. The van der Waals surface area contributed by atoms with Crippen LogP contribution in [-0.4, -0.2) is 27.9 Å². The SMILES string of the molecule is O=C(CSc1nnc(-c2ccc(Cl)cc2)o1)N[C@H]1C[C@H]2CC[C@H]1C2. The number of thioether (sulfide) groups is 1. The summed E-state index contributed by atoms with van der Waals surface area (Å²) in [6, 6.07) is 7.56. The van der Waals surface area contributed by atoms with Gasteiger partial charge in [-0.25, -0.2) is 0 Å². The largest absolute Gasteiger partial charge is 0.411 e. The second kappa shape index (κ2) is 6.76. The Morgan fingerprint density at radius 1 is 1.25 bits per heavy atom. The summed E-state index contributed by atoms with van der Waals surface area (Å²) < 4.78 is 5.60. The molecule has 0 aliphatic heterocycles. The molecule has 3 atom stereocenters. The molecule has 7 heteroatoms. The Bertz CT molecular complexity index is 734. The third-order valence-electron chi connectivity index (χ3n) is 4.91. The summed E-state index contributed by atoms with van der Waals surface area (Å²) in [6.07, 6.45) is 5.02. The Morgan fingerprint density at radius 3 is 2.79 bits per heavy atom. The summed E-state index contributed by atoms with van der Waals surface area (Å²) in [5.41, 5.74) is 0.810. The minimum Gasteiger partial charge on any atom is -0.411 e. The van der Waals surface area contributed by atoms with Crippen molar-refractivity contribution in [3.05, 3.63) is 29.3 Å². The van der Waals surface area contributed by atoms with E-state index in [9.17, 15) is 4.79 Å². The fourth-order valence-electron chi connectivity index (χ4n) is 3.77. The number of fused-ring (bicyclic) bond motifs is 2. The lowest BCUT2D eigenvalue weighted by molar-refractivity contribution is -0.119. The Balaban J connectivity index is 1.30. The van der Waals surface area contributed by atoms with Crippen LogP contribution in [0, 0.1) is 11.8 Å². The summed E-state index contributed by atoms with van der Waals surface area (Å²) >= 11 is 7.14. The minimum absolute atomic E-state index is 0.0452. The van der Waals surface area contributed by atoms with Crippen molar-refractivity contribution in [3.63, 3.8) is 0 Å². The van der Waals surface area contributed by atoms with E-state index in [4.69, 9.17) is 16.0 Å². The molecule has 126 valence electrons. The maximum Gasteiger partial charge on any atom is 0.277 e. The van der Waals surface area contributed by atoms with Gasteiger partial charge in [-0.05, 0) is 55.4 Å². The van der Waals surface area contributed by atoms with E-state index in [2.05, 4.69) is 15.5 Å². The summed E-state index contributed by atoms with van der Waals surface area (Å²) in [6.45, 7) is 0. The third-order valence-corrected chi connectivity index (χ3v) is 5.98. The molecule has 2 aromatic rings. The Hall–Kier alpha value is -1.53. The standard InChI is InChI=1S/C17H18ClN3O2S/c18-13-5-3-11(4-6-13)16-20-21-17(23-16)24-9-15(22)19-14-8-10-1-2-12(14)7-10/h3-6,10,12,14H,1-2,7-9H2,(H,19,22)/t10-,12-,14-/m0/s1. The van der Waals surface area contributed by atoms with Gasteiger partial charge in [0.1, 0.15) is 0 Å². The summed E-state index contributed by atoms with van der Waals surface area (Å²) in [4.78, 5) is 12.1. The van der Waals surface area contributed by atoms with Crippen LogP contribution in [-0.2, 0) is 4.79 Å². The van der Waals surface area contributed by atoms with Crippen molar-refractivity contribution in [2.45, 2.75) is 36.9 Å². The first-order valence-corrected chi connectivity index (χ1v) is 9.55. The molecule has 2 fully saturated rings. The molecule has 1 aromatic heterocycles. The van der Waals surface area contributed by atoms with Crippen molar-refractivity contribution >= 4 is 29.3 Å². The summed E-state index contributed by atoms with van der Waals surface area (Å²) in [7, 11) is 0. The molecule has 24 heavy (non-hydrogen) atoms. The first-order valence-electron chi connectivity index (χ1n) is 8.19. The zero-order chi connectivity index (χ0) is 16.5. The lowest BCUT2D eigenvalue weighted by Crippen LogP contribution is -2.39. The molecule has 2 aliphatic carbocycles. The Morgan fingerprint density at radius 2 is 2.08 bits per heavy atom. The number of nitrogens with zero attached hydrogens (tertiary/aromatic N) is 2. The molecule has 0 saturated heterocycles. The topological polar surface area (TPSA) is 68.0 Å². The molecule has 1 aromatic carbocycles. The maximum atomic E-state index is 12.1. The van der Waals surface area contributed by atoms with Crippen LogP contribution in [0.2, 0.25) is 5.02 Å². The summed E-state index contributed by atoms with van der Waals surface area (Å²) in [5, 5.41) is 12.2. The molecule has 4 rings (SSSR count). The lowest BCUT2D eigenvalue weighted by atomic mass is 9.95. The number of carbonyl (C=O) groups is 1. The van der Waals surface area contributed by atoms with Gasteiger partial charge in [-0.1, -0.05) is 29.8 Å². The quantitative estimate of drug-likeness (QED) is 0.818. The van der Waals surface area contributed by atoms with E-state index in [0.717, 1.165) is 17.9 Å². The van der Waals surface area contributed by atoms with E-state index in [1.807, 2.05) is 12.1 Å². The van der Waals surface area contributed by atoms with E-state index >= 15 is 0 Å². The highest BCUT2D eigenvalue weighted by Crippen LogP contribution is 2.44. The predicted octanol–water partition coefficient (Wildman–Crippen LogP) is 3.79. The van der Waals surface area contributed by atoms with Crippen LogP contribution < -0.4 is 5.32 Å². The normalized spacial score (nSPS) is 25.1. The molecule has 0 spiro atoms. The van der Waals surface area contributed by atoms with Crippen molar-refractivity contribution in [2.75, 3.05) is 5.75 Å². The zero-order valence-electron chi connectivity index (χ0n) is 13.1. The number of rotatable bonds is 5. The van der Waals surface area contributed by atoms with Gasteiger partial charge in [0, 0.05) is 16.6 Å². The lowest BCUT2D eigenvalue weighted by Gasteiger charge is -2.22. The predicted molar refractivity (Wildman–Crippen MR) is 92.8 cm³/mol. The fraction of sp³-hybridized carbons (Fsp3) is 0.471.